The Bertz CT molecular complexity index is 212. The Hall–Kier alpha value is -1.01. The van der Waals surface area contributed by atoms with Gasteiger partial charge in [0.2, 0.25) is 0 Å². The molecular formula is C7H12ClN3O4. The number of rotatable bonds is 9. The van der Waals surface area contributed by atoms with Gasteiger partial charge in [0.05, 0.1) is 26.4 Å². The molecule has 0 aliphatic heterocycles. The lowest BCUT2D eigenvalue weighted by Gasteiger charge is -2.04. The van der Waals surface area contributed by atoms with Crippen LogP contribution in [-0.4, -0.2) is 45.0 Å². The van der Waals surface area contributed by atoms with Crippen molar-refractivity contribution in [2.75, 3.05) is 39.6 Å². The van der Waals surface area contributed by atoms with Crippen molar-refractivity contribution in [3.05, 3.63) is 10.4 Å². The van der Waals surface area contributed by atoms with E-state index in [-0.39, 0.29) is 13.2 Å². The summed E-state index contributed by atoms with van der Waals surface area (Å²) >= 11 is 4.91. The molecule has 0 aliphatic carbocycles. The van der Waals surface area contributed by atoms with Crippen LogP contribution < -0.4 is 0 Å². The summed E-state index contributed by atoms with van der Waals surface area (Å²) in [5.74, 6) is 0. The van der Waals surface area contributed by atoms with E-state index < -0.39 is 5.43 Å². The number of nitrogens with zero attached hydrogens (tertiary/aromatic N) is 3. The fraction of sp³-hybridized carbons (Fsp3) is 0.857. The first kappa shape index (κ1) is 14.0. The largest absolute Gasteiger partial charge is 0.451 e. The van der Waals surface area contributed by atoms with E-state index in [2.05, 4.69) is 14.8 Å². The van der Waals surface area contributed by atoms with Gasteiger partial charge < -0.3 is 14.2 Å². The van der Waals surface area contributed by atoms with Gasteiger partial charge in [0.1, 0.15) is 6.61 Å². The Morgan fingerprint density at radius 1 is 1.20 bits per heavy atom. The van der Waals surface area contributed by atoms with Gasteiger partial charge in [0.25, 0.3) is 0 Å². The van der Waals surface area contributed by atoms with E-state index >= 15 is 0 Å². The van der Waals surface area contributed by atoms with Crippen LogP contribution in [0.15, 0.2) is 5.11 Å². The molecule has 0 aromatic heterocycles. The molecular weight excluding hydrogens is 226 g/mol. The van der Waals surface area contributed by atoms with Gasteiger partial charge in [-0.05, 0) is 5.53 Å². The summed E-state index contributed by atoms with van der Waals surface area (Å²) in [7, 11) is 0. The first-order chi connectivity index (χ1) is 7.27. The molecule has 0 N–H and O–H groups in total. The van der Waals surface area contributed by atoms with Crippen molar-refractivity contribution in [2.45, 2.75) is 0 Å². The third-order valence-corrected chi connectivity index (χ3v) is 1.32. The average molecular weight is 238 g/mol. The van der Waals surface area contributed by atoms with Gasteiger partial charge >= 0.3 is 5.43 Å². The predicted molar refractivity (Wildman–Crippen MR) is 52.9 cm³/mol. The minimum absolute atomic E-state index is 0.126. The van der Waals surface area contributed by atoms with Crippen molar-refractivity contribution < 1.29 is 19.0 Å². The van der Waals surface area contributed by atoms with Gasteiger partial charge in [-0.25, -0.2) is 4.79 Å². The minimum atomic E-state index is -0.843. The van der Waals surface area contributed by atoms with Crippen LogP contribution in [0.2, 0.25) is 0 Å². The first-order valence-corrected chi connectivity index (χ1v) is 4.63. The standard InChI is InChI=1S/C7H12ClN3O4/c8-7(12)15-6-5-14-4-3-13-2-1-10-11-9/h1-6H2. The number of azide groups is 1. The number of ether oxygens (including phenoxy) is 3. The summed E-state index contributed by atoms with van der Waals surface area (Å²) in [6.45, 7) is 1.86. The van der Waals surface area contributed by atoms with Gasteiger partial charge in [-0.15, -0.1) is 0 Å². The number of hydrogen-bond acceptors (Lipinski definition) is 5. The van der Waals surface area contributed by atoms with E-state index in [1.54, 1.807) is 0 Å². The Morgan fingerprint density at radius 2 is 1.80 bits per heavy atom. The van der Waals surface area contributed by atoms with E-state index in [0.717, 1.165) is 0 Å². The van der Waals surface area contributed by atoms with Gasteiger partial charge in [0, 0.05) is 23.1 Å². The average Bonchev–Trinajstić information content (AvgIpc) is 2.20. The zero-order chi connectivity index (χ0) is 11.4. The maximum atomic E-state index is 10.1. The molecule has 0 saturated carbocycles. The lowest BCUT2D eigenvalue weighted by molar-refractivity contribution is 0.0333. The monoisotopic (exact) mass is 237 g/mol. The Balaban J connectivity index is 2.98. The predicted octanol–water partition coefficient (Wildman–Crippen LogP) is 1.71. The lowest BCUT2D eigenvalue weighted by Crippen LogP contribution is -2.10. The molecule has 0 aliphatic rings. The molecule has 0 aromatic carbocycles. The second kappa shape index (κ2) is 11.1. The second-order valence-corrected chi connectivity index (χ2v) is 2.57. The highest BCUT2D eigenvalue weighted by Crippen LogP contribution is 1.87. The molecule has 0 atom stereocenters. The number of carbonyl (C=O) groups excluding carboxylic acids is 1. The van der Waals surface area contributed by atoms with E-state index in [4.69, 9.17) is 26.6 Å². The number of halogens is 1. The van der Waals surface area contributed by atoms with Crippen LogP contribution in [0.3, 0.4) is 0 Å². The van der Waals surface area contributed by atoms with E-state index in [1.807, 2.05) is 0 Å². The highest BCUT2D eigenvalue weighted by atomic mass is 35.5. The molecule has 0 fully saturated rings. The van der Waals surface area contributed by atoms with Crippen molar-refractivity contribution in [1.29, 1.82) is 0 Å². The van der Waals surface area contributed by atoms with Crippen LogP contribution in [0.25, 0.3) is 10.4 Å². The molecule has 0 spiro atoms. The van der Waals surface area contributed by atoms with Crippen molar-refractivity contribution >= 4 is 17.0 Å². The highest BCUT2D eigenvalue weighted by Gasteiger charge is 1.94. The number of hydrogen-bond donors (Lipinski definition) is 0. The zero-order valence-electron chi connectivity index (χ0n) is 8.10. The highest BCUT2D eigenvalue weighted by molar-refractivity contribution is 6.61. The van der Waals surface area contributed by atoms with E-state index in [1.165, 1.54) is 0 Å². The molecule has 0 bridgehead atoms. The van der Waals surface area contributed by atoms with Crippen molar-refractivity contribution in [3.63, 3.8) is 0 Å². The molecule has 0 saturated heterocycles. The third kappa shape index (κ3) is 13.0. The van der Waals surface area contributed by atoms with Gasteiger partial charge in [-0.2, -0.15) is 0 Å². The fourth-order valence-electron chi connectivity index (χ4n) is 0.653. The molecule has 0 unspecified atom stereocenters. The van der Waals surface area contributed by atoms with Gasteiger partial charge in [-0.3, -0.25) is 0 Å². The lowest BCUT2D eigenvalue weighted by atomic mass is 10.7. The van der Waals surface area contributed by atoms with Crippen molar-refractivity contribution in [3.8, 4) is 0 Å². The van der Waals surface area contributed by atoms with Crippen LogP contribution in [-0.2, 0) is 14.2 Å². The molecule has 0 heterocycles. The summed E-state index contributed by atoms with van der Waals surface area (Å²) in [5, 5.41) is 3.28. The normalized spacial score (nSPS) is 9.40. The van der Waals surface area contributed by atoms with Crippen molar-refractivity contribution in [1.82, 2.24) is 0 Å². The van der Waals surface area contributed by atoms with Crippen molar-refractivity contribution in [2.24, 2.45) is 5.11 Å². The topological polar surface area (TPSA) is 93.5 Å². The minimum Gasteiger partial charge on any atom is -0.451 e. The molecule has 0 amide bonds. The van der Waals surface area contributed by atoms with E-state index in [0.29, 0.717) is 26.4 Å². The smallest absolute Gasteiger partial charge is 0.403 e. The second-order valence-electron chi connectivity index (χ2n) is 2.27. The molecule has 7 nitrogen and oxygen atoms in total. The maximum absolute atomic E-state index is 10.1. The summed E-state index contributed by atoms with van der Waals surface area (Å²) in [5.41, 5.74) is 7.09. The molecule has 0 rings (SSSR count). The Kier molecular flexibility index (Phi) is 10.3. The fourth-order valence-corrected chi connectivity index (χ4v) is 0.730. The SMILES string of the molecule is [N-]=[N+]=NCCOCCOCCOC(=O)Cl. The molecule has 0 aromatic rings. The summed E-state index contributed by atoms with van der Waals surface area (Å²) < 4.78 is 14.5. The zero-order valence-corrected chi connectivity index (χ0v) is 8.85. The number of carbonyl (C=O) groups is 1. The Morgan fingerprint density at radius 3 is 2.40 bits per heavy atom. The van der Waals surface area contributed by atoms with Crippen LogP contribution in [0.5, 0.6) is 0 Å². The summed E-state index contributed by atoms with van der Waals surface area (Å²) in [4.78, 5) is 12.7. The van der Waals surface area contributed by atoms with Crippen LogP contribution >= 0.6 is 11.6 Å². The van der Waals surface area contributed by atoms with Gasteiger partial charge in [0.15, 0.2) is 0 Å². The molecule has 86 valence electrons. The quantitative estimate of drug-likeness (QED) is 0.201. The Labute approximate surface area is 91.9 Å². The third-order valence-electron chi connectivity index (χ3n) is 1.21. The van der Waals surface area contributed by atoms with Crippen LogP contribution in [0, 0.1) is 0 Å². The molecule has 0 radical (unpaired) electrons. The summed E-state index contributed by atoms with van der Waals surface area (Å²) in [6, 6.07) is 0. The van der Waals surface area contributed by atoms with Crippen LogP contribution in [0.1, 0.15) is 0 Å². The first-order valence-electron chi connectivity index (χ1n) is 4.26. The maximum Gasteiger partial charge on any atom is 0.403 e. The molecule has 15 heavy (non-hydrogen) atoms. The van der Waals surface area contributed by atoms with E-state index in [9.17, 15) is 4.79 Å². The molecule has 8 heteroatoms. The summed E-state index contributed by atoms with van der Waals surface area (Å²) in [6.07, 6.45) is 0. The van der Waals surface area contributed by atoms with Gasteiger partial charge in [-0.1, -0.05) is 5.11 Å². The van der Waals surface area contributed by atoms with Crippen LogP contribution in [0.4, 0.5) is 4.79 Å².